The lowest BCUT2D eigenvalue weighted by molar-refractivity contribution is 0.241. The van der Waals surface area contributed by atoms with Crippen LogP contribution in [0.15, 0.2) is 23.3 Å². The summed E-state index contributed by atoms with van der Waals surface area (Å²) in [4.78, 5) is 0. The van der Waals surface area contributed by atoms with Gasteiger partial charge in [0, 0.05) is 0 Å². The molecule has 0 radical (unpaired) electrons. The van der Waals surface area contributed by atoms with E-state index in [-0.39, 0.29) is 0 Å². The first-order chi connectivity index (χ1) is 7.49. The molecule has 0 aromatic rings. The predicted octanol–water partition coefficient (Wildman–Crippen LogP) is 4.25. The fourth-order valence-electron chi connectivity index (χ4n) is 2.59. The van der Waals surface area contributed by atoms with Crippen molar-refractivity contribution in [1.82, 2.24) is 0 Å². The summed E-state index contributed by atoms with van der Waals surface area (Å²) >= 11 is 0. The van der Waals surface area contributed by atoms with Crippen molar-refractivity contribution in [3.8, 4) is 0 Å². The van der Waals surface area contributed by atoms with E-state index >= 15 is 0 Å². The zero-order valence-electron chi connectivity index (χ0n) is 11.0. The average Bonchev–Trinajstić information content (AvgIpc) is 2.94. The highest BCUT2D eigenvalue weighted by atomic mass is 16.6. The molecule has 16 heavy (non-hydrogen) atoms. The van der Waals surface area contributed by atoms with Crippen molar-refractivity contribution in [3.05, 3.63) is 23.3 Å². The Balaban J connectivity index is 2.12. The highest BCUT2D eigenvalue weighted by molar-refractivity contribution is 5.12. The first-order valence-corrected chi connectivity index (χ1v) is 6.46. The van der Waals surface area contributed by atoms with Crippen molar-refractivity contribution in [2.75, 3.05) is 0 Å². The zero-order chi connectivity index (χ0) is 11.8. The second-order valence-electron chi connectivity index (χ2n) is 6.13. The molecule has 1 fully saturated rings. The van der Waals surface area contributed by atoms with Gasteiger partial charge in [0.25, 0.3) is 0 Å². The van der Waals surface area contributed by atoms with Crippen molar-refractivity contribution >= 4 is 0 Å². The molecule has 2 atom stereocenters. The SMILES string of the molecule is C/C1=C/CC(C)(C)[C@@H]2O[C@H]2C/C(C)=C\CC1. The number of hydrogen-bond donors (Lipinski definition) is 0. The van der Waals surface area contributed by atoms with E-state index < -0.39 is 0 Å². The summed E-state index contributed by atoms with van der Waals surface area (Å²) in [6.07, 6.45) is 10.4. The molecule has 0 aromatic heterocycles. The molecule has 0 aromatic carbocycles. The van der Waals surface area contributed by atoms with Gasteiger partial charge in [-0.3, -0.25) is 0 Å². The van der Waals surface area contributed by atoms with Gasteiger partial charge in [0.2, 0.25) is 0 Å². The van der Waals surface area contributed by atoms with E-state index in [0.29, 0.717) is 17.6 Å². The quantitative estimate of drug-likeness (QED) is 0.439. The van der Waals surface area contributed by atoms with E-state index in [0.717, 1.165) is 12.8 Å². The molecule has 0 amide bonds. The monoisotopic (exact) mass is 220 g/mol. The van der Waals surface area contributed by atoms with Crippen LogP contribution in [-0.2, 0) is 4.74 Å². The van der Waals surface area contributed by atoms with Crippen LogP contribution in [0.2, 0.25) is 0 Å². The summed E-state index contributed by atoms with van der Waals surface area (Å²) in [5, 5.41) is 0. The van der Waals surface area contributed by atoms with Crippen molar-refractivity contribution in [2.24, 2.45) is 5.41 Å². The molecule has 1 saturated heterocycles. The fraction of sp³-hybridized carbons (Fsp3) is 0.733. The first kappa shape index (κ1) is 11.9. The largest absolute Gasteiger partial charge is 0.369 e. The zero-order valence-corrected chi connectivity index (χ0v) is 11.0. The lowest BCUT2D eigenvalue weighted by Gasteiger charge is -2.20. The number of rotatable bonds is 0. The van der Waals surface area contributed by atoms with Crippen LogP contribution in [0.5, 0.6) is 0 Å². The summed E-state index contributed by atoms with van der Waals surface area (Å²) in [5.74, 6) is 0. The van der Waals surface area contributed by atoms with E-state index in [1.165, 1.54) is 24.0 Å². The van der Waals surface area contributed by atoms with Gasteiger partial charge in [0.05, 0.1) is 12.2 Å². The van der Waals surface area contributed by atoms with Crippen LogP contribution in [0.4, 0.5) is 0 Å². The number of ether oxygens (including phenoxy) is 1. The van der Waals surface area contributed by atoms with Gasteiger partial charge in [-0.05, 0) is 44.9 Å². The van der Waals surface area contributed by atoms with Crippen LogP contribution in [0.25, 0.3) is 0 Å². The highest BCUT2D eigenvalue weighted by Gasteiger charge is 2.48. The summed E-state index contributed by atoms with van der Waals surface area (Å²) in [6, 6.07) is 0. The number of epoxide rings is 1. The molecule has 0 unspecified atom stereocenters. The summed E-state index contributed by atoms with van der Waals surface area (Å²) < 4.78 is 5.84. The van der Waals surface area contributed by atoms with Crippen LogP contribution >= 0.6 is 0 Å². The Bertz CT molecular complexity index is 322. The van der Waals surface area contributed by atoms with Crippen LogP contribution in [0.3, 0.4) is 0 Å². The van der Waals surface area contributed by atoms with E-state index in [1.54, 1.807) is 0 Å². The molecule has 0 bridgehead atoms. The number of fused-ring (bicyclic) bond motifs is 1. The molecule has 1 heteroatoms. The van der Waals surface area contributed by atoms with Gasteiger partial charge in [-0.15, -0.1) is 0 Å². The molecule has 1 aliphatic carbocycles. The Kier molecular flexibility index (Phi) is 3.25. The molecular weight excluding hydrogens is 196 g/mol. The maximum atomic E-state index is 5.84. The van der Waals surface area contributed by atoms with Crippen LogP contribution in [0.1, 0.15) is 53.4 Å². The average molecular weight is 220 g/mol. The topological polar surface area (TPSA) is 12.5 Å². The third kappa shape index (κ3) is 2.76. The lowest BCUT2D eigenvalue weighted by atomic mass is 9.82. The fourth-order valence-corrected chi connectivity index (χ4v) is 2.59. The molecule has 1 heterocycles. The van der Waals surface area contributed by atoms with Crippen molar-refractivity contribution < 1.29 is 4.74 Å². The smallest absolute Gasteiger partial charge is 0.0898 e. The van der Waals surface area contributed by atoms with E-state index in [4.69, 9.17) is 4.74 Å². The van der Waals surface area contributed by atoms with Gasteiger partial charge in [-0.1, -0.05) is 37.1 Å². The predicted molar refractivity (Wildman–Crippen MR) is 68.4 cm³/mol. The van der Waals surface area contributed by atoms with Crippen molar-refractivity contribution in [1.29, 1.82) is 0 Å². The molecule has 1 nitrogen and oxygen atoms in total. The lowest BCUT2D eigenvalue weighted by Crippen LogP contribution is -2.20. The van der Waals surface area contributed by atoms with E-state index in [9.17, 15) is 0 Å². The third-order valence-electron chi connectivity index (χ3n) is 3.88. The third-order valence-corrected chi connectivity index (χ3v) is 3.88. The Morgan fingerprint density at radius 1 is 1.19 bits per heavy atom. The molecular formula is C15H24O. The van der Waals surface area contributed by atoms with Crippen molar-refractivity contribution in [2.45, 2.75) is 65.6 Å². The molecule has 2 aliphatic rings. The summed E-state index contributed by atoms with van der Waals surface area (Å²) in [7, 11) is 0. The standard InChI is InChI=1S/C15H24O/c1-11-6-5-7-12(2)10-13-14(16-13)15(3,4)9-8-11/h7-8,13-14H,5-6,9-10H2,1-4H3/b11-8-,12-7-/t13-,14+/m0/s1. The molecule has 90 valence electrons. The van der Waals surface area contributed by atoms with Crippen LogP contribution in [-0.4, -0.2) is 12.2 Å². The minimum Gasteiger partial charge on any atom is -0.369 e. The Morgan fingerprint density at radius 2 is 1.94 bits per heavy atom. The van der Waals surface area contributed by atoms with Gasteiger partial charge in [-0.25, -0.2) is 0 Å². The van der Waals surface area contributed by atoms with Gasteiger partial charge < -0.3 is 4.74 Å². The van der Waals surface area contributed by atoms with Gasteiger partial charge in [0.15, 0.2) is 0 Å². The Hall–Kier alpha value is -0.560. The van der Waals surface area contributed by atoms with E-state index in [1.807, 2.05) is 0 Å². The van der Waals surface area contributed by atoms with Crippen LogP contribution in [0, 0.1) is 5.41 Å². The summed E-state index contributed by atoms with van der Waals surface area (Å²) in [6.45, 7) is 9.15. The molecule has 2 rings (SSSR count). The Labute approximate surface area is 99.6 Å². The maximum Gasteiger partial charge on any atom is 0.0898 e. The number of allylic oxidation sites excluding steroid dienone is 3. The second kappa shape index (κ2) is 4.37. The second-order valence-corrected chi connectivity index (χ2v) is 6.13. The van der Waals surface area contributed by atoms with Gasteiger partial charge >= 0.3 is 0 Å². The minimum absolute atomic E-state index is 0.302. The van der Waals surface area contributed by atoms with Gasteiger partial charge in [0.1, 0.15) is 0 Å². The summed E-state index contributed by atoms with van der Waals surface area (Å²) in [5.41, 5.74) is 3.32. The molecule has 0 spiro atoms. The molecule has 0 N–H and O–H groups in total. The first-order valence-electron chi connectivity index (χ1n) is 6.46. The van der Waals surface area contributed by atoms with Crippen LogP contribution < -0.4 is 0 Å². The maximum absolute atomic E-state index is 5.84. The van der Waals surface area contributed by atoms with Crippen molar-refractivity contribution in [3.63, 3.8) is 0 Å². The minimum atomic E-state index is 0.302. The highest BCUT2D eigenvalue weighted by Crippen LogP contribution is 2.44. The van der Waals surface area contributed by atoms with Gasteiger partial charge in [-0.2, -0.15) is 0 Å². The number of hydrogen-bond acceptors (Lipinski definition) is 1. The molecule has 0 saturated carbocycles. The van der Waals surface area contributed by atoms with E-state index in [2.05, 4.69) is 39.8 Å². The molecule has 1 aliphatic heterocycles. The normalized spacial score (nSPS) is 40.8. The Morgan fingerprint density at radius 3 is 2.69 bits per heavy atom.